The molecule has 1 atom stereocenters. The first kappa shape index (κ1) is 25.7. The molecule has 37 heavy (non-hydrogen) atoms. The number of methoxy groups -OCH3 is 1. The number of amides is 1. The summed E-state index contributed by atoms with van der Waals surface area (Å²) in [6.45, 7) is 4.69. The molecular weight excluding hydrogens is 470 g/mol. The third-order valence-corrected chi connectivity index (χ3v) is 5.94. The van der Waals surface area contributed by atoms with Crippen LogP contribution in [0.1, 0.15) is 23.6 Å². The van der Waals surface area contributed by atoms with E-state index in [1.54, 1.807) is 55.7 Å². The maximum Gasteiger partial charge on any atom is 0.295 e. The maximum atomic E-state index is 13.2. The minimum absolute atomic E-state index is 0.0269. The van der Waals surface area contributed by atoms with Crippen LogP contribution in [-0.2, 0) is 14.3 Å². The van der Waals surface area contributed by atoms with Gasteiger partial charge in [0.2, 0.25) is 0 Å². The highest BCUT2D eigenvalue weighted by Crippen LogP contribution is 2.40. The Morgan fingerprint density at radius 2 is 1.70 bits per heavy atom. The minimum atomic E-state index is -0.784. The fourth-order valence-electron chi connectivity index (χ4n) is 4.23. The zero-order chi connectivity index (χ0) is 26.2. The van der Waals surface area contributed by atoms with E-state index in [-0.39, 0.29) is 17.9 Å². The standard InChI is InChI=1S/C30H29NO6/c1-3-18-36-23-15-13-21(14-16-23)28(32)26-27(31(17-8-19-35-2)30(34)29(26)33)22-9-7-12-25(20-22)37-24-10-5-4-6-11-24/h3-7,9-16,20,27,32H,1,8,17-19H2,2H3/t27-/m1/s1. The Bertz CT molecular complexity index is 1280. The van der Waals surface area contributed by atoms with Crippen LogP contribution in [0, 0.1) is 0 Å². The summed E-state index contributed by atoms with van der Waals surface area (Å²) in [4.78, 5) is 27.8. The molecule has 0 aliphatic carbocycles. The molecule has 1 aliphatic heterocycles. The molecular formula is C30H29NO6. The molecule has 3 aromatic rings. The number of aliphatic hydroxyl groups is 1. The molecule has 1 N–H and O–H groups in total. The van der Waals surface area contributed by atoms with Gasteiger partial charge in [0.1, 0.15) is 29.6 Å². The summed E-state index contributed by atoms with van der Waals surface area (Å²) in [5.41, 5.74) is 1.08. The van der Waals surface area contributed by atoms with Crippen molar-refractivity contribution in [3.63, 3.8) is 0 Å². The Labute approximate surface area is 216 Å². The molecule has 0 bridgehead atoms. The SMILES string of the molecule is C=CCOc1ccc(C(O)=C2C(=O)C(=O)N(CCCOC)[C@@H]2c2cccc(Oc3ccccc3)c2)cc1. The number of ether oxygens (including phenoxy) is 3. The van der Waals surface area contributed by atoms with Gasteiger partial charge in [0.05, 0.1) is 11.6 Å². The van der Waals surface area contributed by atoms with Crippen LogP contribution in [0.4, 0.5) is 0 Å². The highest BCUT2D eigenvalue weighted by atomic mass is 16.5. The number of carbonyl (C=O) groups excluding carboxylic acids is 2. The number of Topliss-reactive ketones (excluding diaryl/α,β-unsaturated/α-hetero) is 1. The van der Waals surface area contributed by atoms with Gasteiger partial charge in [-0.05, 0) is 60.5 Å². The fourth-order valence-corrected chi connectivity index (χ4v) is 4.23. The smallest absolute Gasteiger partial charge is 0.295 e. The molecule has 3 aromatic carbocycles. The van der Waals surface area contributed by atoms with Crippen LogP contribution in [0.15, 0.2) is 97.1 Å². The number of para-hydroxylation sites is 1. The van der Waals surface area contributed by atoms with E-state index >= 15 is 0 Å². The Balaban J connectivity index is 1.74. The first-order valence-electron chi connectivity index (χ1n) is 12.0. The third-order valence-electron chi connectivity index (χ3n) is 5.94. The number of hydrogen-bond donors (Lipinski definition) is 1. The molecule has 7 nitrogen and oxygen atoms in total. The van der Waals surface area contributed by atoms with Gasteiger partial charge in [0.15, 0.2) is 0 Å². The second-order valence-corrected chi connectivity index (χ2v) is 8.45. The van der Waals surface area contributed by atoms with Crippen LogP contribution < -0.4 is 9.47 Å². The quantitative estimate of drug-likeness (QED) is 0.123. The van der Waals surface area contributed by atoms with Crippen LogP contribution in [-0.4, -0.2) is 48.6 Å². The van der Waals surface area contributed by atoms with Crippen LogP contribution in [0.2, 0.25) is 0 Å². The van der Waals surface area contributed by atoms with Crippen molar-refractivity contribution < 1.29 is 28.9 Å². The van der Waals surface area contributed by atoms with E-state index in [2.05, 4.69) is 6.58 Å². The highest BCUT2D eigenvalue weighted by molar-refractivity contribution is 6.46. The van der Waals surface area contributed by atoms with E-state index in [0.29, 0.717) is 48.0 Å². The van der Waals surface area contributed by atoms with Crippen molar-refractivity contribution in [2.24, 2.45) is 0 Å². The second-order valence-electron chi connectivity index (χ2n) is 8.45. The molecule has 190 valence electrons. The lowest BCUT2D eigenvalue weighted by atomic mass is 9.95. The van der Waals surface area contributed by atoms with Gasteiger partial charge in [-0.3, -0.25) is 9.59 Å². The largest absolute Gasteiger partial charge is 0.507 e. The molecule has 0 saturated carbocycles. The Morgan fingerprint density at radius 1 is 0.973 bits per heavy atom. The van der Waals surface area contributed by atoms with Crippen LogP contribution in [0.5, 0.6) is 17.2 Å². The van der Waals surface area contributed by atoms with Crippen molar-refractivity contribution in [1.82, 2.24) is 4.90 Å². The lowest BCUT2D eigenvalue weighted by molar-refractivity contribution is -0.140. The first-order chi connectivity index (χ1) is 18.0. The van der Waals surface area contributed by atoms with Gasteiger partial charge in [-0.2, -0.15) is 0 Å². The predicted molar refractivity (Wildman–Crippen MR) is 141 cm³/mol. The lowest BCUT2D eigenvalue weighted by Crippen LogP contribution is -2.31. The third kappa shape index (κ3) is 5.90. The van der Waals surface area contributed by atoms with Crippen molar-refractivity contribution in [2.45, 2.75) is 12.5 Å². The van der Waals surface area contributed by atoms with E-state index in [1.165, 1.54) is 4.90 Å². The molecule has 7 heteroatoms. The molecule has 4 rings (SSSR count). The second kappa shape index (κ2) is 12.1. The van der Waals surface area contributed by atoms with E-state index in [0.717, 1.165) is 0 Å². The average Bonchev–Trinajstić information content (AvgIpc) is 3.18. The molecule has 0 unspecified atom stereocenters. The van der Waals surface area contributed by atoms with Crippen LogP contribution in [0.3, 0.4) is 0 Å². The Kier molecular flexibility index (Phi) is 8.38. The van der Waals surface area contributed by atoms with Crippen molar-refractivity contribution in [2.75, 3.05) is 26.9 Å². The average molecular weight is 500 g/mol. The number of carbonyl (C=O) groups is 2. The van der Waals surface area contributed by atoms with Gasteiger partial charge >= 0.3 is 0 Å². The molecule has 1 heterocycles. The lowest BCUT2D eigenvalue weighted by Gasteiger charge is -2.25. The van der Waals surface area contributed by atoms with Crippen LogP contribution >= 0.6 is 0 Å². The number of hydrogen-bond acceptors (Lipinski definition) is 6. The number of nitrogens with zero attached hydrogens (tertiary/aromatic N) is 1. The zero-order valence-corrected chi connectivity index (χ0v) is 20.6. The first-order valence-corrected chi connectivity index (χ1v) is 12.0. The van der Waals surface area contributed by atoms with Crippen molar-refractivity contribution in [3.8, 4) is 17.2 Å². The van der Waals surface area contributed by atoms with Gasteiger partial charge in [-0.25, -0.2) is 0 Å². The summed E-state index contributed by atoms with van der Waals surface area (Å²) < 4.78 is 16.6. The summed E-state index contributed by atoms with van der Waals surface area (Å²) in [7, 11) is 1.58. The molecule has 0 radical (unpaired) electrons. The van der Waals surface area contributed by atoms with Crippen LogP contribution in [0.25, 0.3) is 5.76 Å². The summed E-state index contributed by atoms with van der Waals surface area (Å²) in [6.07, 6.45) is 2.17. The molecule has 1 saturated heterocycles. The van der Waals surface area contributed by atoms with E-state index in [9.17, 15) is 14.7 Å². The number of rotatable bonds is 11. The summed E-state index contributed by atoms with van der Waals surface area (Å²) in [5, 5.41) is 11.3. The van der Waals surface area contributed by atoms with Gasteiger partial charge in [0.25, 0.3) is 11.7 Å². The van der Waals surface area contributed by atoms with E-state index < -0.39 is 17.7 Å². The molecule has 1 aliphatic rings. The maximum absolute atomic E-state index is 13.2. The Hall–Kier alpha value is -4.36. The zero-order valence-electron chi connectivity index (χ0n) is 20.6. The number of aliphatic hydroxyl groups excluding tert-OH is 1. The molecule has 1 fully saturated rings. The number of benzene rings is 3. The van der Waals surface area contributed by atoms with Gasteiger partial charge in [0, 0.05) is 25.8 Å². The minimum Gasteiger partial charge on any atom is -0.507 e. The van der Waals surface area contributed by atoms with Crippen molar-refractivity contribution in [1.29, 1.82) is 0 Å². The summed E-state index contributed by atoms with van der Waals surface area (Å²) in [6, 6.07) is 22.4. The summed E-state index contributed by atoms with van der Waals surface area (Å²) in [5.74, 6) is 0.160. The fraction of sp³-hybridized carbons (Fsp3) is 0.200. The van der Waals surface area contributed by atoms with Gasteiger partial charge in [-0.15, -0.1) is 0 Å². The monoisotopic (exact) mass is 499 g/mol. The molecule has 0 aromatic heterocycles. The topological polar surface area (TPSA) is 85.3 Å². The summed E-state index contributed by atoms with van der Waals surface area (Å²) >= 11 is 0. The number of ketones is 1. The van der Waals surface area contributed by atoms with Gasteiger partial charge < -0.3 is 24.2 Å². The normalized spacial score (nSPS) is 16.6. The Morgan fingerprint density at radius 3 is 2.41 bits per heavy atom. The predicted octanol–water partition coefficient (Wildman–Crippen LogP) is 5.50. The molecule has 1 amide bonds. The van der Waals surface area contributed by atoms with E-state index in [1.807, 2.05) is 36.4 Å². The highest BCUT2D eigenvalue weighted by Gasteiger charge is 2.45. The van der Waals surface area contributed by atoms with Crippen molar-refractivity contribution in [3.05, 3.63) is 108 Å². The number of likely N-dealkylation sites (tertiary alicyclic amines) is 1. The molecule has 0 spiro atoms. The van der Waals surface area contributed by atoms with E-state index in [4.69, 9.17) is 14.2 Å². The van der Waals surface area contributed by atoms with Gasteiger partial charge in [-0.1, -0.05) is 43.0 Å². The van der Waals surface area contributed by atoms with Crippen molar-refractivity contribution >= 4 is 17.4 Å².